The molecule has 0 spiro atoms. The summed E-state index contributed by atoms with van der Waals surface area (Å²) < 4.78 is 4.87. The number of esters is 1. The number of hydrogen-bond acceptors (Lipinski definition) is 4. The van der Waals surface area contributed by atoms with Crippen molar-refractivity contribution in [2.45, 2.75) is 52.0 Å². The fourth-order valence-corrected chi connectivity index (χ4v) is 3.34. The molecule has 0 amide bonds. The molecule has 1 aliphatic heterocycles. The first-order valence-electron chi connectivity index (χ1n) is 7.91. The molecule has 0 aromatic rings. The normalized spacial score (nSPS) is 27.1. The molecule has 0 radical (unpaired) electrons. The zero-order valence-corrected chi connectivity index (χ0v) is 13.9. The van der Waals surface area contributed by atoms with E-state index in [0.717, 1.165) is 37.6 Å². The van der Waals surface area contributed by atoms with E-state index in [4.69, 9.17) is 4.74 Å². The lowest BCUT2D eigenvalue weighted by molar-refractivity contribution is -0.148. The van der Waals surface area contributed by atoms with Crippen molar-refractivity contribution < 1.29 is 9.53 Å². The van der Waals surface area contributed by atoms with Gasteiger partial charge in [-0.25, -0.2) is 0 Å². The number of likely N-dealkylation sites (N-methyl/N-ethyl adjacent to an activating group) is 1. The number of ether oxygens (including phenoxy) is 1. The summed E-state index contributed by atoms with van der Waals surface area (Å²) in [7, 11) is 3.28. The van der Waals surface area contributed by atoms with Gasteiger partial charge in [0.2, 0.25) is 0 Å². The summed E-state index contributed by atoms with van der Waals surface area (Å²) in [5, 5.41) is 3.09. The Balaban J connectivity index is 2.28. The Morgan fingerprint density at radius 1 is 1.30 bits per heavy atom. The number of piperidine rings is 1. The van der Waals surface area contributed by atoms with Crippen LogP contribution in [0.15, 0.2) is 0 Å². The molecule has 1 saturated heterocycles. The summed E-state index contributed by atoms with van der Waals surface area (Å²) >= 11 is 0. The predicted molar refractivity (Wildman–Crippen MR) is 82.7 cm³/mol. The van der Waals surface area contributed by atoms with Crippen molar-refractivity contribution in [3.8, 4) is 0 Å². The van der Waals surface area contributed by atoms with Gasteiger partial charge in [-0.1, -0.05) is 13.8 Å². The number of carbonyl (C=O) groups excluding carboxylic acids is 1. The lowest BCUT2D eigenvalue weighted by Crippen LogP contribution is -2.48. The standard InChI is InChI=1S/C16H32N2O2/c1-13-10-14(2)12-18(11-13)9-7-6-8-16(3,17-4)15(19)20-5/h13-14,17H,6-12H2,1-5H3. The summed E-state index contributed by atoms with van der Waals surface area (Å²) in [5.41, 5.74) is -0.544. The Hall–Kier alpha value is -0.610. The van der Waals surface area contributed by atoms with Gasteiger partial charge in [0.05, 0.1) is 7.11 Å². The zero-order chi connectivity index (χ0) is 15.2. The lowest BCUT2D eigenvalue weighted by Gasteiger charge is -2.35. The zero-order valence-electron chi connectivity index (χ0n) is 13.9. The van der Waals surface area contributed by atoms with Crippen molar-refractivity contribution in [2.75, 3.05) is 33.8 Å². The highest BCUT2D eigenvalue weighted by Crippen LogP contribution is 2.22. The summed E-state index contributed by atoms with van der Waals surface area (Å²) in [6.45, 7) is 10.2. The molecule has 0 saturated carbocycles. The molecule has 3 atom stereocenters. The smallest absolute Gasteiger partial charge is 0.325 e. The van der Waals surface area contributed by atoms with E-state index in [1.165, 1.54) is 26.6 Å². The Morgan fingerprint density at radius 3 is 2.40 bits per heavy atom. The number of unbranched alkanes of at least 4 members (excludes halogenated alkanes) is 1. The first-order valence-corrected chi connectivity index (χ1v) is 7.91. The van der Waals surface area contributed by atoms with E-state index in [-0.39, 0.29) is 5.97 Å². The molecule has 1 heterocycles. The molecule has 4 nitrogen and oxygen atoms in total. The minimum absolute atomic E-state index is 0.166. The Labute approximate surface area is 124 Å². The average Bonchev–Trinajstić information content (AvgIpc) is 2.41. The molecule has 118 valence electrons. The Morgan fingerprint density at radius 2 is 1.90 bits per heavy atom. The van der Waals surface area contributed by atoms with Gasteiger partial charge in [-0.3, -0.25) is 4.79 Å². The van der Waals surface area contributed by atoms with Gasteiger partial charge in [0.25, 0.3) is 0 Å². The highest BCUT2D eigenvalue weighted by atomic mass is 16.5. The molecule has 20 heavy (non-hydrogen) atoms. The summed E-state index contributed by atoms with van der Waals surface area (Å²) in [5.74, 6) is 1.47. The highest BCUT2D eigenvalue weighted by molar-refractivity contribution is 5.80. The van der Waals surface area contributed by atoms with Gasteiger partial charge in [-0.05, 0) is 58.0 Å². The van der Waals surface area contributed by atoms with Gasteiger partial charge in [-0.2, -0.15) is 0 Å². The minimum Gasteiger partial charge on any atom is -0.468 e. The van der Waals surface area contributed by atoms with Crippen molar-refractivity contribution >= 4 is 5.97 Å². The number of nitrogens with one attached hydrogen (secondary N) is 1. The van der Waals surface area contributed by atoms with Gasteiger partial charge in [-0.15, -0.1) is 0 Å². The van der Waals surface area contributed by atoms with Crippen LogP contribution < -0.4 is 5.32 Å². The molecule has 1 fully saturated rings. The molecule has 1 aliphatic rings. The van der Waals surface area contributed by atoms with Crippen LogP contribution in [-0.2, 0) is 9.53 Å². The number of rotatable bonds is 7. The van der Waals surface area contributed by atoms with Gasteiger partial charge in [0, 0.05) is 13.1 Å². The fourth-order valence-electron chi connectivity index (χ4n) is 3.34. The quantitative estimate of drug-likeness (QED) is 0.575. The summed E-state index contributed by atoms with van der Waals surface area (Å²) in [6, 6.07) is 0. The molecular formula is C16H32N2O2. The average molecular weight is 284 g/mol. The summed E-state index contributed by atoms with van der Waals surface area (Å²) in [6.07, 6.45) is 4.38. The van der Waals surface area contributed by atoms with E-state index in [1.54, 1.807) is 0 Å². The maximum Gasteiger partial charge on any atom is 0.325 e. The highest BCUT2D eigenvalue weighted by Gasteiger charge is 2.31. The number of methoxy groups -OCH3 is 1. The molecule has 3 unspecified atom stereocenters. The lowest BCUT2D eigenvalue weighted by atomic mass is 9.91. The third kappa shape index (κ3) is 5.06. The second kappa shape index (κ2) is 7.99. The maximum atomic E-state index is 11.8. The van der Waals surface area contributed by atoms with Crippen LogP contribution in [0.4, 0.5) is 0 Å². The van der Waals surface area contributed by atoms with Crippen LogP contribution in [-0.4, -0.2) is 50.2 Å². The molecule has 0 aromatic heterocycles. The Bertz CT molecular complexity index is 299. The van der Waals surface area contributed by atoms with Crippen LogP contribution in [0.5, 0.6) is 0 Å². The third-order valence-corrected chi connectivity index (χ3v) is 4.53. The first-order chi connectivity index (χ1) is 9.41. The van der Waals surface area contributed by atoms with Crippen LogP contribution in [0.25, 0.3) is 0 Å². The largest absolute Gasteiger partial charge is 0.468 e. The van der Waals surface area contributed by atoms with Crippen LogP contribution in [0.1, 0.15) is 46.5 Å². The maximum absolute atomic E-state index is 11.8. The second-order valence-corrected chi connectivity index (χ2v) is 6.74. The topological polar surface area (TPSA) is 41.6 Å². The van der Waals surface area contributed by atoms with E-state index in [2.05, 4.69) is 24.1 Å². The molecule has 1 rings (SSSR count). The van der Waals surface area contributed by atoms with E-state index < -0.39 is 5.54 Å². The first kappa shape index (κ1) is 17.4. The van der Waals surface area contributed by atoms with Gasteiger partial charge >= 0.3 is 5.97 Å². The number of nitrogens with zero attached hydrogens (tertiary/aromatic N) is 1. The third-order valence-electron chi connectivity index (χ3n) is 4.53. The van der Waals surface area contributed by atoms with Crippen molar-refractivity contribution in [3.63, 3.8) is 0 Å². The number of carbonyl (C=O) groups is 1. The van der Waals surface area contributed by atoms with Crippen LogP contribution in [0.3, 0.4) is 0 Å². The molecule has 0 aliphatic carbocycles. The SMILES string of the molecule is CNC(C)(CCCCN1CC(C)CC(C)C1)C(=O)OC. The molecule has 4 heteroatoms. The van der Waals surface area contributed by atoms with E-state index in [9.17, 15) is 4.79 Å². The number of likely N-dealkylation sites (tertiary alicyclic amines) is 1. The molecule has 0 bridgehead atoms. The van der Waals surface area contributed by atoms with Gasteiger partial charge in [0.15, 0.2) is 0 Å². The van der Waals surface area contributed by atoms with Crippen molar-refractivity contribution in [1.29, 1.82) is 0 Å². The molecule has 0 aromatic carbocycles. The van der Waals surface area contributed by atoms with Gasteiger partial charge < -0.3 is 15.0 Å². The van der Waals surface area contributed by atoms with Crippen LogP contribution in [0.2, 0.25) is 0 Å². The number of hydrogen-bond donors (Lipinski definition) is 1. The molecule has 1 N–H and O–H groups in total. The summed E-state index contributed by atoms with van der Waals surface area (Å²) in [4.78, 5) is 14.3. The van der Waals surface area contributed by atoms with Crippen LogP contribution >= 0.6 is 0 Å². The predicted octanol–water partition coefficient (Wildman–Crippen LogP) is 2.29. The van der Waals surface area contributed by atoms with Gasteiger partial charge in [0.1, 0.15) is 5.54 Å². The van der Waals surface area contributed by atoms with Crippen molar-refractivity contribution in [2.24, 2.45) is 11.8 Å². The van der Waals surface area contributed by atoms with E-state index in [0.29, 0.717) is 0 Å². The monoisotopic (exact) mass is 284 g/mol. The van der Waals surface area contributed by atoms with Crippen molar-refractivity contribution in [1.82, 2.24) is 10.2 Å². The minimum atomic E-state index is -0.544. The van der Waals surface area contributed by atoms with E-state index in [1.807, 2.05) is 14.0 Å². The molecular weight excluding hydrogens is 252 g/mol. The second-order valence-electron chi connectivity index (χ2n) is 6.74. The fraction of sp³-hybridized carbons (Fsp3) is 0.938. The van der Waals surface area contributed by atoms with Crippen LogP contribution in [0, 0.1) is 11.8 Å². The van der Waals surface area contributed by atoms with Crippen molar-refractivity contribution in [3.05, 3.63) is 0 Å². The van der Waals surface area contributed by atoms with E-state index >= 15 is 0 Å². The Kier molecular flexibility index (Phi) is 6.96.